The standard InChI is InChI=1S/C10H18N2O5S/c1-7(6-9(14)15)5-8(13)12-10(16)11-3-4-18(2)17/h7H,3-6H2,1-2H3,(H,14,15)(H2,11,12,13,16). The summed E-state index contributed by atoms with van der Waals surface area (Å²) in [5, 5.41) is 13.0. The molecule has 0 aromatic carbocycles. The molecule has 0 rings (SSSR count). The minimum absolute atomic E-state index is 0.0283. The van der Waals surface area contributed by atoms with Gasteiger partial charge in [0.05, 0.1) is 0 Å². The van der Waals surface area contributed by atoms with E-state index in [2.05, 4.69) is 10.6 Å². The second-order valence-electron chi connectivity index (χ2n) is 3.99. The molecule has 0 fully saturated rings. The van der Waals surface area contributed by atoms with Crippen LogP contribution >= 0.6 is 0 Å². The van der Waals surface area contributed by atoms with Crippen LogP contribution in [0, 0.1) is 5.92 Å². The number of carboxylic acids is 1. The van der Waals surface area contributed by atoms with E-state index in [9.17, 15) is 18.6 Å². The van der Waals surface area contributed by atoms with Crippen molar-refractivity contribution in [2.75, 3.05) is 18.6 Å². The van der Waals surface area contributed by atoms with Gasteiger partial charge in [0.1, 0.15) is 0 Å². The zero-order valence-corrected chi connectivity index (χ0v) is 11.2. The lowest BCUT2D eigenvalue weighted by atomic mass is 10.0. The third kappa shape index (κ3) is 9.76. The van der Waals surface area contributed by atoms with Gasteiger partial charge in [-0.25, -0.2) is 4.79 Å². The van der Waals surface area contributed by atoms with Crippen molar-refractivity contribution >= 4 is 28.7 Å². The maximum absolute atomic E-state index is 11.3. The van der Waals surface area contributed by atoms with E-state index in [1.807, 2.05) is 0 Å². The van der Waals surface area contributed by atoms with Crippen LogP contribution in [0.25, 0.3) is 0 Å². The summed E-state index contributed by atoms with van der Waals surface area (Å²) in [4.78, 5) is 32.9. The fraction of sp³-hybridized carbons (Fsp3) is 0.700. The molecule has 3 N–H and O–H groups in total. The number of carboxylic acid groups (broad SMARTS) is 1. The van der Waals surface area contributed by atoms with E-state index in [0.29, 0.717) is 5.75 Å². The summed E-state index contributed by atoms with van der Waals surface area (Å²) in [6.45, 7) is 1.83. The van der Waals surface area contributed by atoms with Crippen LogP contribution in [-0.4, -0.2) is 45.8 Å². The minimum atomic E-state index is -1.00. The highest BCUT2D eigenvalue weighted by molar-refractivity contribution is 7.84. The molecule has 0 heterocycles. The molecule has 8 heteroatoms. The number of hydrogen-bond acceptors (Lipinski definition) is 4. The predicted octanol–water partition coefficient (Wildman–Crippen LogP) is -0.308. The Morgan fingerprint density at radius 2 is 1.89 bits per heavy atom. The van der Waals surface area contributed by atoms with Crippen molar-refractivity contribution in [1.82, 2.24) is 10.6 Å². The number of imide groups is 1. The molecule has 3 amide bonds. The first-order chi connectivity index (χ1) is 8.31. The van der Waals surface area contributed by atoms with Crippen LogP contribution in [0.5, 0.6) is 0 Å². The lowest BCUT2D eigenvalue weighted by Crippen LogP contribution is -2.41. The van der Waals surface area contributed by atoms with Gasteiger partial charge in [0, 0.05) is 42.2 Å². The first kappa shape index (κ1) is 16.6. The Labute approximate surface area is 108 Å². The fourth-order valence-corrected chi connectivity index (χ4v) is 1.61. The van der Waals surface area contributed by atoms with Crippen LogP contribution in [0.15, 0.2) is 0 Å². The summed E-state index contributed by atoms with van der Waals surface area (Å²) < 4.78 is 10.7. The van der Waals surface area contributed by atoms with E-state index in [4.69, 9.17) is 5.11 Å². The van der Waals surface area contributed by atoms with Crippen LogP contribution < -0.4 is 10.6 Å². The number of nitrogens with one attached hydrogen (secondary N) is 2. The lowest BCUT2D eigenvalue weighted by molar-refractivity contribution is -0.138. The first-order valence-electron chi connectivity index (χ1n) is 5.40. The Hall–Kier alpha value is -1.44. The molecule has 0 spiro atoms. The summed E-state index contributed by atoms with van der Waals surface area (Å²) in [6.07, 6.45) is 1.36. The number of carbonyl (C=O) groups is 3. The zero-order valence-electron chi connectivity index (χ0n) is 10.4. The molecule has 0 radical (unpaired) electrons. The van der Waals surface area contributed by atoms with Gasteiger partial charge < -0.3 is 10.4 Å². The highest BCUT2D eigenvalue weighted by atomic mass is 32.2. The summed E-state index contributed by atoms with van der Waals surface area (Å²) >= 11 is 0. The Morgan fingerprint density at radius 1 is 1.28 bits per heavy atom. The monoisotopic (exact) mass is 278 g/mol. The van der Waals surface area contributed by atoms with Gasteiger partial charge in [0.15, 0.2) is 0 Å². The van der Waals surface area contributed by atoms with Gasteiger partial charge >= 0.3 is 12.0 Å². The Bertz CT molecular complexity index is 345. The average molecular weight is 278 g/mol. The lowest BCUT2D eigenvalue weighted by Gasteiger charge is -2.09. The Morgan fingerprint density at radius 3 is 2.39 bits per heavy atom. The normalized spacial score (nSPS) is 13.4. The molecule has 0 saturated heterocycles. The SMILES string of the molecule is CC(CC(=O)O)CC(=O)NC(=O)NCCS(C)=O. The number of rotatable bonds is 7. The average Bonchev–Trinajstić information content (AvgIpc) is 2.14. The van der Waals surface area contributed by atoms with Crippen LogP contribution in [0.1, 0.15) is 19.8 Å². The van der Waals surface area contributed by atoms with Crippen LogP contribution in [0.2, 0.25) is 0 Å². The molecule has 2 unspecified atom stereocenters. The molecule has 0 aliphatic heterocycles. The molecule has 0 saturated carbocycles. The second kappa shape index (κ2) is 8.62. The van der Waals surface area contributed by atoms with E-state index < -0.39 is 28.7 Å². The van der Waals surface area contributed by atoms with Crippen molar-refractivity contribution < 1.29 is 23.7 Å². The van der Waals surface area contributed by atoms with Crippen molar-refractivity contribution in [2.24, 2.45) is 5.92 Å². The molecule has 0 aliphatic carbocycles. The van der Waals surface area contributed by atoms with E-state index in [-0.39, 0.29) is 25.3 Å². The van der Waals surface area contributed by atoms with Crippen molar-refractivity contribution in [2.45, 2.75) is 19.8 Å². The maximum Gasteiger partial charge on any atom is 0.321 e. The van der Waals surface area contributed by atoms with E-state index in [0.717, 1.165) is 0 Å². The summed E-state index contributed by atoms with van der Waals surface area (Å²) in [6, 6.07) is -0.659. The number of amides is 3. The molecular formula is C10H18N2O5S. The minimum Gasteiger partial charge on any atom is -0.481 e. The van der Waals surface area contributed by atoms with Crippen LogP contribution in [0.3, 0.4) is 0 Å². The van der Waals surface area contributed by atoms with Gasteiger partial charge in [0.25, 0.3) is 0 Å². The number of aliphatic carboxylic acids is 1. The predicted molar refractivity (Wildman–Crippen MR) is 66.5 cm³/mol. The van der Waals surface area contributed by atoms with Gasteiger partial charge in [-0.1, -0.05) is 6.92 Å². The highest BCUT2D eigenvalue weighted by Gasteiger charge is 2.14. The fourth-order valence-electron chi connectivity index (χ4n) is 1.22. The van der Waals surface area contributed by atoms with Gasteiger partial charge in [-0.3, -0.25) is 19.1 Å². The van der Waals surface area contributed by atoms with Crippen molar-refractivity contribution in [3.05, 3.63) is 0 Å². The molecule has 7 nitrogen and oxygen atoms in total. The molecule has 2 atom stereocenters. The smallest absolute Gasteiger partial charge is 0.321 e. The van der Waals surface area contributed by atoms with E-state index in [1.165, 1.54) is 6.26 Å². The molecular weight excluding hydrogens is 260 g/mol. The summed E-state index contributed by atoms with van der Waals surface area (Å²) in [7, 11) is -1.00. The molecule has 0 aromatic rings. The third-order valence-electron chi connectivity index (χ3n) is 1.98. The Kier molecular flexibility index (Phi) is 7.93. The summed E-state index contributed by atoms with van der Waals surface area (Å²) in [5.41, 5.74) is 0. The van der Waals surface area contributed by atoms with Gasteiger partial charge in [-0.15, -0.1) is 0 Å². The molecule has 104 valence electrons. The van der Waals surface area contributed by atoms with E-state index >= 15 is 0 Å². The van der Waals surface area contributed by atoms with Crippen molar-refractivity contribution in [1.29, 1.82) is 0 Å². The molecule has 0 aliphatic rings. The highest BCUT2D eigenvalue weighted by Crippen LogP contribution is 2.06. The zero-order chi connectivity index (χ0) is 14.1. The van der Waals surface area contributed by atoms with Crippen molar-refractivity contribution in [3.63, 3.8) is 0 Å². The molecule has 0 aromatic heterocycles. The largest absolute Gasteiger partial charge is 0.481 e. The van der Waals surface area contributed by atoms with Crippen molar-refractivity contribution in [3.8, 4) is 0 Å². The Balaban J connectivity index is 3.83. The van der Waals surface area contributed by atoms with Crippen LogP contribution in [0.4, 0.5) is 4.79 Å². The first-order valence-corrected chi connectivity index (χ1v) is 7.13. The molecule has 0 bridgehead atoms. The summed E-state index contributed by atoms with van der Waals surface area (Å²) in [5.74, 6) is -1.53. The maximum atomic E-state index is 11.3. The third-order valence-corrected chi connectivity index (χ3v) is 2.76. The van der Waals surface area contributed by atoms with Crippen LogP contribution in [-0.2, 0) is 20.4 Å². The number of urea groups is 1. The van der Waals surface area contributed by atoms with Gasteiger partial charge in [-0.2, -0.15) is 0 Å². The van der Waals surface area contributed by atoms with Gasteiger partial charge in [0.2, 0.25) is 5.91 Å². The number of carbonyl (C=O) groups excluding carboxylic acids is 2. The number of hydrogen-bond donors (Lipinski definition) is 3. The quantitative estimate of drug-likeness (QED) is 0.591. The van der Waals surface area contributed by atoms with Gasteiger partial charge in [-0.05, 0) is 5.92 Å². The molecule has 18 heavy (non-hydrogen) atoms. The van der Waals surface area contributed by atoms with E-state index in [1.54, 1.807) is 6.92 Å². The topological polar surface area (TPSA) is 113 Å². The second-order valence-corrected chi connectivity index (χ2v) is 5.54.